The van der Waals surface area contributed by atoms with E-state index in [1.165, 1.54) is 0 Å². The van der Waals surface area contributed by atoms with Crippen molar-refractivity contribution < 1.29 is 9.52 Å². The molecule has 0 bridgehead atoms. The van der Waals surface area contributed by atoms with Gasteiger partial charge in [0.2, 0.25) is 11.8 Å². The van der Waals surface area contributed by atoms with E-state index in [1.54, 1.807) is 11.8 Å². The van der Waals surface area contributed by atoms with Gasteiger partial charge in [-0.1, -0.05) is 28.9 Å². The Morgan fingerprint density at radius 2 is 2.26 bits per heavy atom. The summed E-state index contributed by atoms with van der Waals surface area (Å²) in [7, 11) is 0. The Bertz CT molecular complexity index is 533. The molecule has 6 heteroatoms. The number of hydrogen-bond donors (Lipinski definition) is 1. The third-order valence-electron chi connectivity index (χ3n) is 2.48. The SMILES string of the molecule is CC(CO)CSCc1nnc(-c2cccc(Br)c2)o1. The number of aliphatic hydroxyl groups excluding tert-OH is 1. The first-order valence-corrected chi connectivity index (χ1v) is 7.90. The summed E-state index contributed by atoms with van der Waals surface area (Å²) in [6.07, 6.45) is 0. The number of hydrogen-bond acceptors (Lipinski definition) is 5. The molecule has 0 saturated heterocycles. The van der Waals surface area contributed by atoms with Gasteiger partial charge in [-0.2, -0.15) is 11.8 Å². The molecular weight excluding hydrogens is 328 g/mol. The highest BCUT2D eigenvalue weighted by Crippen LogP contribution is 2.23. The van der Waals surface area contributed by atoms with Gasteiger partial charge in [0.1, 0.15) is 0 Å². The van der Waals surface area contributed by atoms with Gasteiger partial charge in [0, 0.05) is 16.6 Å². The van der Waals surface area contributed by atoms with Crippen LogP contribution in [-0.4, -0.2) is 27.7 Å². The molecule has 0 saturated carbocycles. The third kappa shape index (κ3) is 4.33. The second kappa shape index (κ2) is 7.07. The molecule has 0 spiro atoms. The van der Waals surface area contributed by atoms with Crippen molar-refractivity contribution in [3.05, 3.63) is 34.6 Å². The van der Waals surface area contributed by atoms with Crippen LogP contribution in [0.4, 0.5) is 0 Å². The van der Waals surface area contributed by atoms with Gasteiger partial charge in [-0.15, -0.1) is 10.2 Å². The first kappa shape index (κ1) is 14.6. The summed E-state index contributed by atoms with van der Waals surface area (Å²) in [6, 6.07) is 7.76. The Morgan fingerprint density at radius 1 is 1.42 bits per heavy atom. The summed E-state index contributed by atoms with van der Waals surface area (Å²) >= 11 is 5.10. The molecule has 2 aromatic rings. The molecule has 0 radical (unpaired) electrons. The minimum absolute atomic E-state index is 0.208. The normalized spacial score (nSPS) is 12.6. The number of rotatable bonds is 6. The number of aromatic nitrogens is 2. The smallest absolute Gasteiger partial charge is 0.247 e. The molecule has 19 heavy (non-hydrogen) atoms. The molecule has 1 unspecified atom stereocenters. The predicted octanol–water partition coefficient (Wildman–Crippen LogP) is 3.36. The molecule has 1 N–H and O–H groups in total. The average Bonchev–Trinajstić information content (AvgIpc) is 2.87. The highest BCUT2D eigenvalue weighted by molar-refractivity contribution is 9.10. The molecule has 4 nitrogen and oxygen atoms in total. The zero-order valence-electron chi connectivity index (χ0n) is 10.5. The number of benzene rings is 1. The maximum absolute atomic E-state index is 8.94. The largest absolute Gasteiger partial charge is 0.420 e. The van der Waals surface area contributed by atoms with Crippen molar-refractivity contribution in [1.82, 2.24) is 10.2 Å². The molecule has 0 aliphatic rings. The van der Waals surface area contributed by atoms with Crippen LogP contribution in [0.3, 0.4) is 0 Å². The summed E-state index contributed by atoms with van der Waals surface area (Å²) in [5, 5.41) is 17.0. The van der Waals surface area contributed by atoms with Gasteiger partial charge in [0.25, 0.3) is 0 Å². The van der Waals surface area contributed by atoms with Gasteiger partial charge in [-0.25, -0.2) is 0 Å². The van der Waals surface area contributed by atoms with E-state index in [2.05, 4.69) is 26.1 Å². The Kier molecular flexibility index (Phi) is 5.42. The lowest BCUT2D eigenvalue weighted by atomic mass is 10.2. The molecule has 1 atom stereocenters. The van der Waals surface area contributed by atoms with Crippen LogP contribution >= 0.6 is 27.7 Å². The standard InChI is InChI=1S/C13H15BrN2O2S/c1-9(6-17)7-19-8-12-15-16-13(18-12)10-3-2-4-11(14)5-10/h2-5,9,17H,6-8H2,1H3. The second-order valence-electron chi connectivity index (χ2n) is 4.31. The van der Waals surface area contributed by atoms with Crippen molar-refractivity contribution in [2.75, 3.05) is 12.4 Å². The van der Waals surface area contributed by atoms with Gasteiger partial charge in [0.05, 0.1) is 5.75 Å². The highest BCUT2D eigenvalue weighted by atomic mass is 79.9. The van der Waals surface area contributed by atoms with E-state index in [1.807, 2.05) is 31.2 Å². The molecule has 102 valence electrons. The minimum atomic E-state index is 0.208. The zero-order valence-corrected chi connectivity index (χ0v) is 12.9. The van der Waals surface area contributed by atoms with E-state index < -0.39 is 0 Å². The van der Waals surface area contributed by atoms with Crippen molar-refractivity contribution in [1.29, 1.82) is 0 Å². The summed E-state index contributed by atoms with van der Waals surface area (Å²) in [6.45, 7) is 2.22. The van der Waals surface area contributed by atoms with Crippen LogP contribution in [0, 0.1) is 5.92 Å². The molecule has 1 heterocycles. The van der Waals surface area contributed by atoms with Crippen molar-refractivity contribution in [2.24, 2.45) is 5.92 Å². The summed E-state index contributed by atoms with van der Waals surface area (Å²) in [5.74, 6) is 2.99. The molecular formula is C13H15BrN2O2S. The van der Waals surface area contributed by atoms with Gasteiger partial charge in [-0.05, 0) is 29.9 Å². The topological polar surface area (TPSA) is 59.2 Å². The van der Waals surface area contributed by atoms with Crippen molar-refractivity contribution in [3.63, 3.8) is 0 Å². The lowest BCUT2D eigenvalue weighted by Crippen LogP contribution is -2.03. The van der Waals surface area contributed by atoms with E-state index in [4.69, 9.17) is 9.52 Å². The maximum Gasteiger partial charge on any atom is 0.247 e. The molecule has 0 aliphatic heterocycles. The third-order valence-corrected chi connectivity index (χ3v) is 4.23. The van der Waals surface area contributed by atoms with Crippen molar-refractivity contribution >= 4 is 27.7 Å². The summed E-state index contributed by atoms with van der Waals surface area (Å²) in [5.41, 5.74) is 0.904. The van der Waals surface area contributed by atoms with Gasteiger partial charge >= 0.3 is 0 Å². The fourth-order valence-corrected chi connectivity index (χ4v) is 2.77. The lowest BCUT2D eigenvalue weighted by Gasteiger charge is -2.04. The van der Waals surface area contributed by atoms with Gasteiger partial charge < -0.3 is 9.52 Å². The van der Waals surface area contributed by atoms with E-state index in [9.17, 15) is 0 Å². The highest BCUT2D eigenvalue weighted by Gasteiger charge is 2.09. The Labute approximate surface area is 124 Å². The maximum atomic E-state index is 8.94. The van der Waals surface area contributed by atoms with Crippen LogP contribution in [0.15, 0.2) is 33.2 Å². The molecule has 2 rings (SSSR count). The molecule has 0 amide bonds. The fraction of sp³-hybridized carbons (Fsp3) is 0.385. The number of aliphatic hydroxyl groups is 1. The lowest BCUT2D eigenvalue weighted by molar-refractivity contribution is 0.250. The predicted molar refractivity (Wildman–Crippen MR) is 79.8 cm³/mol. The number of thioether (sulfide) groups is 1. The minimum Gasteiger partial charge on any atom is -0.420 e. The Morgan fingerprint density at radius 3 is 3.00 bits per heavy atom. The number of halogens is 1. The summed E-state index contributed by atoms with van der Waals surface area (Å²) in [4.78, 5) is 0. The van der Waals surface area contributed by atoms with Crippen LogP contribution in [-0.2, 0) is 5.75 Å². The van der Waals surface area contributed by atoms with Crippen LogP contribution in [0.25, 0.3) is 11.5 Å². The van der Waals surface area contributed by atoms with Crippen LogP contribution in [0.2, 0.25) is 0 Å². The Hall–Kier alpha value is -0.850. The zero-order chi connectivity index (χ0) is 13.7. The molecule has 1 aromatic carbocycles. The van der Waals surface area contributed by atoms with Crippen LogP contribution < -0.4 is 0 Å². The van der Waals surface area contributed by atoms with Crippen molar-refractivity contribution in [3.8, 4) is 11.5 Å². The average molecular weight is 343 g/mol. The first-order chi connectivity index (χ1) is 9.19. The summed E-state index contributed by atoms with van der Waals surface area (Å²) < 4.78 is 6.60. The van der Waals surface area contributed by atoms with E-state index >= 15 is 0 Å². The van der Waals surface area contributed by atoms with Gasteiger partial charge in [0.15, 0.2) is 0 Å². The molecule has 0 aliphatic carbocycles. The first-order valence-electron chi connectivity index (χ1n) is 5.96. The quantitative estimate of drug-likeness (QED) is 0.872. The monoisotopic (exact) mass is 342 g/mol. The molecule has 1 aromatic heterocycles. The van der Waals surface area contributed by atoms with Crippen molar-refractivity contribution in [2.45, 2.75) is 12.7 Å². The van der Waals surface area contributed by atoms with E-state index in [0.29, 0.717) is 17.5 Å². The molecule has 0 fully saturated rings. The Balaban J connectivity index is 1.95. The van der Waals surface area contributed by atoms with Gasteiger partial charge in [-0.3, -0.25) is 0 Å². The van der Waals surface area contributed by atoms with E-state index in [0.717, 1.165) is 15.8 Å². The van der Waals surface area contributed by atoms with Crippen LogP contribution in [0.1, 0.15) is 12.8 Å². The van der Waals surface area contributed by atoms with E-state index in [-0.39, 0.29) is 12.5 Å². The van der Waals surface area contributed by atoms with Crippen LogP contribution in [0.5, 0.6) is 0 Å². The fourth-order valence-electron chi connectivity index (χ4n) is 1.45. The second-order valence-corrected chi connectivity index (χ2v) is 6.26. The number of nitrogens with zero attached hydrogens (tertiary/aromatic N) is 2.